The van der Waals surface area contributed by atoms with Crippen LogP contribution in [0.4, 0.5) is 18.9 Å². The van der Waals surface area contributed by atoms with E-state index < -0.39 is 55.2 Å². The fraction of sp³-hybridized carbons (Fsp3) is 0.133. The van der Waals surface area contributed by atoms with E-state index in [0.717, 1.165) is 30.5 Å². The number of ether oxygens (including phenoxy) is 1. The number of rotatable bonds is 4. The average Bonchev–Trinajstić information content (AvgIpc) is 2.46. The summed E-state index contributed by atoms with van der Waals surface area (Å²) in [5.41, 5.74) is 3.01. The molecule has 2 aromatic rings. The number of benzene rings is 2. The molecule has 0 heterocycles. The maximum Gasteiger partial charge on any atom is 0.420 e. The van der Waals surface area contributed by atoms with Crippen LogP contribution in [0.2, 0.25) is 5.02 Å². The van der Waals surface area contributed by atoms with Crippen molar-refractivity contribution in [2.45, 2.75) is 11.1 Å². The summed E-state index contributed by atoms with van der Waals surface area (Å²) in [5.74, 6) is -2.96. The lowest BCUT2D eigenvalue weighted by Crippen LogP contribution is -2.25. The highest BCUT2D eigenvalue weighted by atomic mass is 35.5. The zero-order valence-electron chi connectivity index (χ0n) is 12.9. The Hall–Kier alpha value is -2.46. The van der Waals surface area contributed by atoms with Crippen molar-refractivity contribution < 1.29 is 36.2 Å². The van der Waals surface area contributed by atoms with E-state index in [1.807, 2.05) is 0 Å². The lowest BCUT2D eigenvalue weighted by Gasteiger charge is -2.17. The predicted octanol–water partition coefficient (Wildman–Crippen LogP) is 2.50. The van der Waals surface area contributed by atoms with Gasteiger partial charge in [-0.15, -0.1) is 0 Å². The number of aromatic carboxylic acids is 1. The Morgan fingerprint density at radius 1 is 1.23 bits per heavy atom. The molecule has 0 saturated carbocycles. The van der Waals surface area contributed by atoms with Gasteiger partial charge in [0.05, 0.1) is 22.1 Å². The van der Waals surface area contributed by atoms with Gasteiger partial charge in [-0.2, -0.15) is 13.2 Å². The molecule has 0 aliphatic carbocycles. The van der Waals surface area contributed by atoms with Gasteiger partial charge < -0.3 is 20.4 Å². The van der Waals surface area contributed by atoms with Crippen molar-refractivity contribution in [2.75, 3.05) is 12.0 Å². The van der Waals surface area contributed by atoms with Gasteiger partial charge in [-0.3, -0.25) is 0 Å². The summed E-state index contributed by atoms with van der Waals surface area (Å²) in [4.78, 5) is 10.5. The quantitative estimate of drug-likeness (QED) is 0.778. The zero-order chi connectivity index (χ0) is 19.9. The Bertz CT molecular complexity index is 990. The van der Waals surface area contributed by atoms with Gasteiger partial charge in [-0.1, -0.05) is 11.6 Å². The Labute approximate surface area is 150 Å². The number of carbonyl (C=O) groups is 1. The molecule has 0 atom stereocenters. The molecule has 0 saturated heterocycles. The fourth-order valence-electron chi connectivity index (χ4n) is 2.19. The molecule has 140 valence electrons. The molecular weight excluding hydrogens is 399 g/mol. The third-order valence-electron chi connectivity index (χ3n) is 3.16. The number of halogens is 4. The first kappa shape index (κ1) is 19.9. The molecule has 0 spiro atoms. The standard InChI is InChI=1S/C15H11ClF3NO5S/c1-26(23,24)13-9(14(21)22)5-8(6-11(13)20)25-12-3-2-7(16)4-10(12)15(17,18)19/h2-6H,20H2,1H3,(H,21,22)/p-1. The summed E-state index contributed by atoms with van der Waals surface area (Å²) in [6.45, 7) is 0. The molecule has 2 aromatic carbocycles. The minimum atomic E-state index is -4.80. The number of hydrogen-bond donors (Lipinski definition) is 1. The minimum absolute atomic E-state index is 0.188. The number of carbonyl (C=O) groups excluding carboxylic acids is 1. The Morgan fingerprint density at radius 3 is 2.35 bits per heavy atom. The maximum absolute atomic E-state index is 13.1. The van der Waals surface area contributed by atoms with Crippen LogP contribution in [0.5, 0.6) is 11.5 Å². The van der Waals surface area contributed by atoms with Gasteiger partial charge in [0, 0.05) is 22.9 Å². The first-order chi connectivity index (χ1) is 11.8. The summed E-state index contributed by atoms with van der Waals surface area (Å²) in [5, 5.41) is 11.0. The summed E-state index contributed by atoms with van der Waals surface area (Å²) in [6, 6.07) is 4.32. The minimum Gasteiger partial charge on any atom is -0.545 e. The second kappa shape index (κ2) is 6.69. The van der Waals surface area contributed by atoms with Gasteiger partial charge in [-0.25, -0.2) is 8.42 Å². The van der Waals surface area contributed by atoms with Crippen molar-refractivity contribution in [1.29, 1.82) is 0 Å². The molecule has 11 heteroatoms. The van der Waals surface area contributed by atoms with E-state index >= 15 is 0 Å². The van der Waals surface area contributed by atoms with Gasteiger partial charge in [0.25, 0.3) is 0 Å². The Morgan fingerprint density at radius 2 is 1.85 bits per heavy atom. The second-order valence-electron chi connectivity index (χ2n) is 5.19. The van der Waals surface area contributed by atoms with Gasteiger partial charge in [0.1, 0.15) is 11.5 Å². The smallest absolute Gasteiger partial charge is 0.420 e. The van der Waals surface area contributed by atoms with Crippen molar-refractivity contribution in [1.82, 2.24) is 0 Å². The molecule has 2 N–H and O–H groups in total. The number of nitrogens with two attached hydrogens (primary N) is 1. The van der Waals surface area contributed by atoms with E-state index in [9.17, 15) is 31.5 Å². The molecule has 0 amide bonds. The van der Waals surface area contributed by atoms with Crippen molar-refractivity contribution in [2.24, 2.45) is 0 Å². The molecule has 6 nitrogen and oxygen atoms in total. The van der Waals surface area contributed by atoms with Crippen molar-refractivity contribution in [3.63, 3.8) is 0 Å². The number of nitrogen functional groups attached to an aromatic ring is 1. The van der Waals surface area contributed by atoms with Crippen LogP contribution >= 0.6 is 11.6 Å². The van der Waals surface area contributed by atoms with Crippen LogP contribution in [0.15, 0.2) is 35.2 Å². The van der Waals surface area contributed by atoms with E-state index in [4.69, 9.17) is 22.1 Å². The highest BCUT2D eigenvalue weighted by molar-refractivity contribution is 7.91. The van der Waals surface area contributed by atoms with Crippen LogP contribution in [0, 0.1) is 0 Å². The maximum atomic E-state index is 13.1. The number of sulfone groups is 1. The Kier molecular flexibility index (Phi) is 5.11. The van der Waals surface area contributed by atoms with E-state index in [-0.39, 0.29) is 5.02 Å². The number of carboxylic acids is 1. The molecule has 2 rings (SSSR count). The summed E-state index contributed by atoms with van der Waals surface area (Å²) >= 11 is 5.56. The first-order valence-electron chi connectivity index (χ1n) is 6.70. The van der Waals surface area contributed by atoms with Gasteiger partial charge in [0.15, 0.2) is 9.84 Å². The number of alkyl halides is 3. The largest absolute Gasteiger partial charge is 0.545 e. The zero-order valence-corrected chi connectivity index (χ0v) is 14.5. The monoisotopic (exact) mass is 408 g/mol. The molecule has 0 unspecified atom stereocenters. The molecule has 0 radical (unpaired) electrons. The van der Waals surface area contributed by atoms with Crippen LogP contribution in [0.1, 0.15) is 15.9 Å². The molecule has 0 fully saturated rings. The first-order valence-corrected chi connectivity index (χ1v) is 8.97. The molecule has 0 aromatic heterocycles. The number of hydrogen-bond acceptors (Lipinski definition) is 6. The van der Waals surface area contributed by atoms with Crippen molar-refractivity contribution >= 4 is 33.1 Å². The summed E-state index contributed by atoms with van der Waals surface area (Å²) in [6.07, 6.45) is -4.07. The Balaban J connectivity index is 2.61. The lowest BCUT2D eigenvalue weighted by atomic mass is 10.1. The van der Waals surface area contributed by atoms with Gasteiger partial charge in [0.2, 0.25) is 0 Å². The SMILES string of the molecule is CS(=O)(=O)c1c(N)cc(Oc2ccc(Cl)cc2C(F)(F)F)cc1C(=O)[O-]. The summed E-state index contributed by atoms with van der Waals surface area (Å²) < 4.78 is 67.8. The predicted molar refractivity (Wildman–Crippen MR) is 84.8 cm³/mol. The fourth-order valence-corrected chi connectivity index (χ4v) is 3.39. The van der Waals surface area contributed by atoms with E-state index in [2.05, 4.69) is 0 Å². The van der Waals surface area contributed by atoms with Crippen LogP contribution in [0.3, 0.4) is 0 Å². The van der Waals surface area contributed by atoms with Crippen LogP contribution in [-0.2, 0) is 16.0 Å². The highest BCUT2D eigenvalue weighted by Gasteiger charge is 2.35. The second-order valence-corrected chi connectivity index (χ2v) is 7.58. The highest BCUT2D eigenvalue weighted by Crippen LogP contribution is 2.40. The number of anilines is 1. The molecular formula is C15H10ClF3NO5S-. The van der Waals surface area contributed by atoms with E-state index in [0.29, 0.717) is 6.07 Å². The topological polar surface area (TPSA) is 110 Å². The van der Waals surface area contributed by atoms with E-state index in [1.54, 1.807) is 0 Å². The molecule has 0 bridgehead atoms. The number of carboxylic acid groups (broad SMARTS) is 1. The molecule has 0 aliphatic heterocycles. The van der Waals surface area contributed by atoms with Gasteiger partial charge >= 0.3 is 6.18 Å². The van der Waals surface area contributed by atoms with Gasteiger partial charge in [-0.05, 0) is 24.3 Å². The molecule has 0 aliphatic rings. The van der Waals surface area contributed by atoms with Crippen LogP contribution in [0.25, 0.3) is 0 Å². The lowest BCUT2D eigenvalue weighted by molar-refractivity contribution is -0.255. The van der Waals surface area contributed by atoms with E-state index in [1.165, 1.54) is 0 Å². The van der Waals surface area contributed by atoms with Crippen molar-refractivity contribution in [3.8, 4) is 11.5 Å². The third kappa shape index (κ3) is 4.20. The van der Waals surface area contributed by atoms with Crippen LogP contribution < -0.4 is 15.6 Å². The molecule has 26 heavy (non-hydrogen) atoms. The summed E-state index contributed by atoms with van der Waals surface area (Å²) in [7, 11) is -4.03. The van der Waals surface area contributed by atoms with Crippen molar-refractivity contribution in [3.05, 3.63) is 46.5 Å². The van der Waals surface area contributed by atoms with Crippen LogP contribution in [-0.4, -0.2) is 20.6 Å². The third-order valence-corrected chi connectivity index (χ3v) is 4.59. The average molecular weight is 409 g/mol. The normalized spacial score (nSPS) is 12.0.